The average molecular weight is 340 g/mol. The molecule has 1 aliphatic rings. The maximum Gasteiger partial charge on any atom is 0.151 e. The molecule has 1 N–H and O–H groups in total. The molecule has 6 heteroatoms. The van der Waals surface area contributed by atoms with Crippen LogP contribution in [0.2, 0.25) is 0 Å². The molecule has 1 aliphatic heterocycles. The highest BCUT2D eigenvalue weighted by atomic mass is 32.1. The van der Waals surface area contributed by atoms with Crippen molar-refractivity contribution in [3.63, 3.8) is 0 Å². The van der Waals surface area contributed by atoms with Crippen molar-refractivity contribution in [3.05, 3.63) is 41.5 Å². The Bertz CT molecular complexity index is 846. The lowest BCUT2D eigenvalue weighted by Crippen LogP contribution is -2.43. The molecule has 0 spiro atoms. The molecule has 0 bridgehead atoms. The number of fused-ring (bicyclic) bond motifs is 1. The Labute approximate surface area is 145 Å². The lowest BCUT2D eigenvalue weighted by molar-refractivity contribution is 0.0989. The Morgan fingerprint density at radius 2 is 2.08 bits per heavy atom. The van der Waals surface area contributed by atoms with E-state index in [0.717, 1.165) is 41.5 Å². The standard InChI is InChI=1S/C18H20N4OS/c1-12-10-24-17-16(12)19-11-20-18(17)21-14-3-5-15(6-4-14)22-7-8-23-9-13(22)2/h3-6,10-11,13H,7-9H2,1-2H3,(H,19,20,21). The van der Waals surface area contributed by atoms with Crippen LogP contribution in [0.15, 0.2) is 36.0 Å². The third kappa shape index (κ3) is 2.83. The van der Waals surface area contributed by atoms with Gasteiger partial charge in [-0.2, -0.15) is 0 Å². The number of benzene rings is 1. The number of hydrogen-bond acceptors (Lipinski definition) is 6. The zero-order valence-corrected chi connectivity index (χ0v) is 14.6. The Kier molecular flexibility index (Phi) is 4.08. The van der Waals surface area contributed by atoms with Gasteiger partial charge in [-0.3, -0.25) is 0 Å². The third-order valence-corrected chi connectivity index (χ3v) is 5.45. The molecule has 1 aromatic carbocycles. The van der Waals surface area contributed by atoms with Crippen LogP contribution in [0, 0.1) is 6.92 Å². The van der Waals surface area contributed by atoms with Gasteiger partial charge in [-0.05, 0) is 49.1 Å². The minimum absolute atomic E-state index is 0.410. The predicted molar refractivity (Wildman–Crippen MR) is 99.5 cm³/mol. The molecule has 0 aliphatic carbocycles. The minimum atomic E-state index is 0.410. The second-order valence-corrected chi connectivity index (χ2v) is 6.99. The molecule has 3 aromatic rings. The lowest BCUT2D eigenvalue weighted by atomic mass is 10.2. The zero-order chi connectivity index (χ0) is 16.5. The molecule has 1 saturated heterocycles. The number of ether oxygens (including phenoxy) is 1. The van der Waals surface area contributed by atoms with E-state index in [2.05, 4.69) is 63.7 Å². The van der Waals surface area contributed by atoms with Crippen LogP contribution in [0.5, 0.6) is 0 Å². The monoisotopic (exact) mass is 340 g/mol. The van der Waals surface area contributed by atoms with Crippen LogP contribution in [-0.4, -0.2) is 35.8 Å². The smallest absolute Gasteiger partial charge is 0.151 e. The van der Waals surface area contributed by atoms with Gasteiger partial charge in [-0.25, -0.2) is 9.97 Å². The summed E-state index contributed by atoms with van der Waals surface area (Å²) in [6.45, 7) is 6.79. The van der Waals surface area contributed by atoms with Crippen LogP contribution in [0.25, 0.3) is 10.2 Å². The normalized spacial score (nSPS) is 18.1. The number of nitrogens with zero attached hydrogens (tertiary/aromatic N) is 3. The summed E-state index contributed by atoms with van der Waals surface area (Å²) in [6, 6.07) is 8.93. The van der Waals surface area contributed by atoms with E-state index < -0.39 is 0 Å². The van der Waals surface area contributed by atoms with Gasteiger partial charge in [0, 0.05) is 24.0 Å². The largest absolute Gasteiger partial charge is 0.377 e. The second-order valence-electron chi connectivity index (χ2n) is 6.11. The van der Waals surface area contributed by atoms with Crippen molar-refractivity contribution in [2.24, 2.45) is 0 Å². The quantitative estimate of drug-likeness (QED) is 0.782. The summed E-state index contributed by atoms with van der Waals surface area (Å²) < 4.78 is 6.61. The van der Waals surface area contributed by atoms with E-state index in [0.29, 0.717) is 6.04 Å². The Hall–Kier alpha value is -2.18. The molecule has 3 heterocycles. The van der Waals surface area contributed by atoms with Gasteiger partial charge in [0.15, 0.2) is 5.82 Å². The third-order valence-electron chi connectivity index (χ3n) is 4.36. The first-order chi connectivity index (χ1) is 11.7. The fraction of sp³-hybridized carbons (Fsp3) is 0.333. The summed E-state index contributed by atoms with van der Waals surface area (Å²) in [6.07, 6.45) is 1.62. The van der Waals surface area contributed by atoms with Crippen LogP contribution < -0.4 is 10.2 Å². The van der Waals surface area contributed by atoms with E-state index in [1.165, 1.54) is 11.3 Å². The fourth-order valence-corrected chi connectivity index (χ4v) is 3.99. The molecular formula is C18H20N4OS. The summed E-state index contributed by atoms with van der Waals surface area (Å²) >= 11 is 1.68. The van der Waals surface area contributed by atoms with Crippen molar-refractivity contribution in [1.29, 1.82) is 0 Å². The Balaban J connectivity index is 1.56. The van der Waals surface area contributed by atoms with Crippen LogP contribution in [0.4, 0.5) is 17.2 Å². The number of aryl methyl sites for hydroxylation is 1. The summed E-state index contributed by atoms with van der Waals surface area (Å²) in [7, 11) is 0. The highest BCUT2D eigenvalue weighted by Crippen LogP contribution is 2.31. The Morgan fingerprint density at radius 1 is 1.25 bits per heavy atom. The van der Waals surface area contributed by atoms with Gasteiger partial charge in [0.05, 0.1) is 23.4 Å². The molecule has 0 radical (unpaired) electrons. The van der Waals surface area contributed by atoms with E-state index in [1.807, 2.05) is 0 Å². The topological polar surface area (TPSA) is 50.3 Å². The van der Waals surface area contributed by atoms with Gasteiger partial charge in [-0.15, -0.1) is 11.3 Å². The fourth-order valence-electron chi connectivity index (χ4n) is 3.04. The SMILES string of the molecule is Cc1csc2c(Nc3ccc(N4CCOCC4C)cc3)ncnc12. The molecular weight excluding hydrogens is 320 g/mol. The van der Waals surface area contributed by atoms with Crippen molar-refractivity contribution in [3.8, 4) is 0 Å². The predicted octanol–water partition coefficient (Wildman–Crippen LogP) is 3.97. The van der Waals surface area contributed by atoms with Crippen molar-refractivity contribution < 1.29 is 4.74 Å². The molecule has 4 rings (SSSR count). The first kappa shape index (κ1) is 15.4. The molecule has 5 nitrogen and oxygen atoms in total. The number of thiophene rings is 1. The molecule has 2 aromatic heterocycles. The minimum Gasteiger partial charge on any atom is -0.377 e. The molecule has 124 valence electrons. The van der Waals surface area contributed by atoms with E-state index in [1.54, 1.807) is 17.7 Å². The van der Waals surface area contributed by atoms with Crippen molar-refractivity contribution >= 4 is 38.7 Å². The second kappa shape index (κ2) is 6.37. The van der Waals surface area contributed by atoms with E-state index in [9.17, 15) is 0 Å². The van der Waals surface area contributed by atoms with Crippen LogP contribution >= 0.6 is 11.3 Å². The van der Waals surface area contributed by atoms with Gasteiger partial charge in [-0.1, -0.05) is 0 Å². The summed E-state index contributed by atoms with van der Waals surface area (Å²) in [4.78, 5) is 11.2. The number of hydrogen-bond donors (Lipinski definition) is 1. The molecule has 1 atom stereocenters. The molecule has 0 saturated carbocycles. The molecule has 1 unspecified atom stereocenters. The van der Waals surface area contributed by atoms with Crippen molar-refractivity contribution in [2.45, 2.75) is 19.9 Å². The lowest BCUT2D eigenvalue weighted by Gasteiger charge is -2.35. The number of aromatic nitrogens is 2. The average Bonchev–Trinajstić information content (AvgIpc) is 2.99. The number of rotatable bonds is 3. The van der Waals surface area contributed by atoms with Gasteiger partial charge >= 0.3 is 0 Å². The first-order valence-electron chi connectivity index (χ1n) is 8.12. The molecule has 1 fully saturated rings. The van der Waals surface area contributed by atoms with Crippen molar-refractivity contribution in [1.82, 2.24) is 9.97 Å². The van der Waals surface area contributed by atoms with Gasteiger partial charge in [0.25, 0.3) is 0 Å². The van der Waals surface area contributed by atoms with Gasteiger partial charge in [0.1, 0.15) is 6.33 Å². The number of anilines is 3. The van der Waals surface area contributed by atoms with E-state index in [-0.39, 0.29) is 0 Å². The van der Waals surface area contributed by atoms with E-state index >= 15 is 0 Å². The summed E-state index contributed by atoms with van der Waals surface area (Å²) in [5, 5.41) is 5.54. The number of nitrogens with one attached hydrogen (secondary N) is 1. The summed E-state index contributed by atoms with van der Waals surface area (Å²) in [5.41, 5.74) is 4.48. The highest BCUT2D eigenvalue weighted by molar-refractivity contribution is 7.18. The number of morpholine rings is 1. The highest BCUT2D eigenvalue weighted by Gasteiger charge is 2.18. The molecule has 0 amide bonds. The van der Waals surface area contributed by atoms with Crippen LogP contribution in [0.3, 0.4) is 0 Å². The summed E-state index contributed by atoms with van der Waals surface area (Å²) in [5.74, 6) is 0.866. The molecule has 24 heavy (non-hydrogen) atoms. The van der Waals surface area contributed by atoms with Crippen LogP contribution in [-0.2, 0) is 4.74 Å². The maximum absolute atomic E-state index is 5.51. The van der Waals surface area contributed by atoms with Crippen LogP contribution in [0.1, 0.15) is 12.5 Å². The zero-order valence-electron chi connectivity index (χ0n) is 13.8. The maximum atomic E-state index is 5.51. The Morgan fingerprint density at radius 3 is 2.88 bits per heavy atom. The van der Waals surface area contributed by atoms with Gasteiger partial charge in [0.2, 0.25) is 0 Å². The van der Waals surface area contributed by atoms with Crippen molar-refractivity contribution in [2.75, 3.05) is 30.0 Å². The first-order valence-corrected chi connectivity index (χ1v) is 9.00. The van der Waals surface area contributed by atoms with E-state index in [4.69, 9.17) is 4.74 Å². The van der Waals surface area contributed by atoms with Gasteiger partial charge < -0.3 is 15.0 Å².